The molecule has 1 N–H and O–H groups in total. The summed E-state index contributed by atoms with van der Waals surface area (Å²) in [6.45, 7) is 0. The fraction of sp³-hybridized carbons (Fsp3) is 0.857. The first kappa shape index (κ1) is 10.4. The number of halogens is 1. The lowest BCUT2D eigenvalue weighted by Crippen LogP contribution is -2.33. The zero-order chi connectivity index (χ0) is 10.1. The smallest absolute Gasteiger partial charge is 0.338 e. The molecule has 0 amide bonds. The molecule has 0 bridgehead atoms. The number of sulfone groups is 1. The van der Waals surface area contributed by atoms with E-state index in [0.717, 1.165) is 0 Å². The number of hydrogen-bond donors (Lipinski definition) is 1. The lowest BCUT2D eigenvalue weighted by Gasteiger charge is -2.22. The van der Waals surface area contributed by atoms with E-state index in [0.29, 0.717) is 0 Å². The van der Waals surface area contributed by atoms with Gasteiger partial charge in [-0.3, -0.25) is 0 Å². The number of alkyl halides is 1. The van der Waals surface area contributed by atoms with Gasteiger partial charge in [0, 0.05) is 5.92 Å². The third kappa shape index (κ3) is 2.65. The SMILES string of the molecule is O=C(O)C(F)C1CCS(=O)(=O)CC1. The molecular weight excluding hydrogens is 199 g/mol. The summed E-state index contributed by atoms with van der Waals surface area (Å²) < 4.78 is 34.7. The Morgan fingerprint density at radius 2 is 1.85 bits per heavy atom. The molecule has 4 nitrogen and oxygen atoms in total. The van der Waals surface area contributed by atoms with E-state index >= 15 is 0 Å². The van der Waals surface area contributed by atoms with E-state index < -0.39 is 27.9 Å². The number of aliphatic carboxylic acids is 1. The standard InChI is InChI=1S/C7H11FO4S/c8-6(7(9)10)5-1-3-13(11,12)4-2-5/h5-6H,1-4H2,(H,9,10). The zero-order valence-electron chi connectivity index (χ0n) is 6.94. The van der Waals surface area contributed by atoms with E-state index in [1.54, 1.807) is 0 Å². The van der Waals surface area contributed by atoms with Crippen molar-refractivity contribution in [1.29, 1.82) is 0 Å². The zero-order valence-corrected chi connectivity index (χ0v) is 7.76. The van der Waals surface area contributed by atoms with Crippen LogP contribution in [0.4, 0.5) is 4.39 Å². The molecular formula is C7H11FO4S. The fourth-order valence-corrected chi connectivity index (χ4v) is 2.93. The molecule has 0 spiro atoms. The molecule has 1 rings (SSSR count). The quantitative estimate of drug-likeness (QED) is 0.708. The van der Waals surface area contributed by atoms with Crippen molar-refractivity contribution in [2.75, 3.05) is 11.5 Å². The summed E-state index contributed by atoms with van der Waals surface area (Å²) >= 11 is 0. The molecule has 1 heterocycles. The van der Waals surface area contributed by atoms with E-state index in [-0.39, 0.29) is 24.3 Å². The molecule has 0 radical (unpaired) electrons. The summed E-state index contributed by atoms with van der Waals surface area (Å²) in [5.41, 5.74) is 0. The van der Waals surface area contributed by atoms with Gasteiger partial charge in [0.2, 0.25) is 0 Å². The van der Waals surface area contributed by atoms with Crippen molar-refractivity contribution >= 4 is 15.8 Å². The summed E-state index contributed by atoms with van der Waals surface area (Å²) in [7, 11) is -3.03. The van der Waals surface area contributed by atoms with Crippen LogP contribution in [0.25, 0.3) is 0 Å². The molecule has 76 valence electrons. The van der Waals surface area contributed by atoms with E-state index in [4.69, 9.17) is 5.11 Å². The van der Waals surface area contributed by atoms with Gasteiger partial charge in [0.05, 0.1) is 11.5 Å². The van der Waals surface area contributed by atoms with Crippen LogP contribution in [0.5, 0.6) is 0 Å². The molecule has 1 fully saturated rings. The van der Waals surface area contributed by atoms with Gasteiger partial charge in [-0.1, -0.05) is 0 Å². The van der Waals surface area contributed by atoms with Crippen molar-refractivity contribution < 1.29 is 22.7 Å². The first-order chi connectivity index (χ1) is 5.92. The maximum Gasteiger partial charge on any atom is 0.338 e. The van der Waals surface area contributed by atoms with Gasteiger partial charge in [-0.05, 0) is 12.8 Å². The van der Waals surface area contributed by atoms with Crippen LogP contribution in [0.15, 0.2) is 0 Å². The molecule has 1 aliphatic heterocycles. The molecule has 1 aliphatic rings. The summed E-state index contributed by atoms with van der Waals surface area (Å²) in [4.78, 5) is 10.2. The highest BCUT2D eigenvalue weighted by atomic mass is 32.2. The molecule has 0 saturated carbocycles. The van der Waals surface area contributed by atoms with Crippen molar-refractivity contribution in [2.45, 2.75) is 19.0 Å². The van der Waals surface area contributed by atoms with Gasteiger partial charge in [-0.25, -0.2) is 17.6 Å². The van der Waals surface area contributed by atoms with Crippen molar-refractivity contribution in [2.24, 2.45) is 5.92 Å². The molecule has 6 heteroatoms. The van der Waals surface area contributed by atoms with E-state index in [1.165, 1.54) is 0 Å². The first-order valence-electron chi connectivity index (χ1n) is 4.00. The Hall–Kier alpha value is -0.650. The third-order valence-electron chi connectivity index (χ3n) is 2.25. The normalized spacial score (nSPS) is 25.3. The number of carboxylic acid groups (broad SMARTS) is 1. The van der Waals surface area contributed by atoms with Gasteiger partial charge in [0.1, 0.15) is 9.84 Å². The van der Waals surface area contributed by atoms with Crippen LogP contribution >= 0.6 is 0 Å². The first-order valence-corrected chi connectivity index (χ1v) is 5.82. The average Bonchev–Trinajstić information content (AvgIpc) is 2.03. The second-order valence-corrected chi connectivity index (χ2v) is 5.53. The van der Waals surface area contributed by atoms with E-state index in [9.17, 15) is 17.6 Å². The van der Waals surface area contributed by atoms with Crippen LogP contribution in [0.2, 0.25) is 0 Å². The molecule has 1 atom stereocenters. The van der Waals surface area contributed by atoms with E-state index in [1.807, 2.05) is 0 Å². The summed E-state index contributed by atoms with van der Waals surface area (Å²) in [6.07, 6.45) is -1.68. The van der Waals surface area contributed by atoms with Crippen LogP contribution in [-0.2, 0) is 14.6 Å². The van der Waals surface area contributed by atoms with Crippen LogP contribution in [0.3, 0.4) is 0 Å². The Morgan fingerprint density at radius 1 is 1.38 bits per heavy atom. The topological polar surface area (TPSA) is 71.4 Å². The number of carboxylic acids is 1. The third-order valence-corrected chi connectivity index (χ3v) is 3.96. The Labute approximate surface area is 75.7 Å². The summed E-state index contributed by atoms with van der Waals surface area (Å²) in [5.74, 6) is -2.32. The van der Waals surface area contributed by atoms with Gasteiger partial charge in [0.25, 0.3) is 0 Å². The predicted octanol–water partition coefficient (Wildman–Crippen LogP) is 0.234. The molecule has 13 heavy (non-hydrogen) atoms. The predicted molar refractivity (Wildman–Crippen MR) is 43.9 cm³/mol. The minimum atomic E-state index is -3.03. The highest BCUT2D eigenvalue weighted by Gasteiger charge is 2.33. The molecule has 0 aromatic heterocycles. The van der Waals surface area contributed by atoms with Gasteiger partial charge in [-0.2, -0.15) is 0 Å². The number of hydrogen-bond acceptors (Lipinski definition) is 3. The van der Waals surface area contributed by atoms with Crippen LogP contribution < -0.4 is 0 Å². The van der Waals surface area contributed by atoms with Gasteiger partial charge in [-0.15, -0.1) is 0 Å². The molecule has 1 saturated heterocycles. The Kier molecular flexibility index (Phi) is 2.90. The lowest BCUT2D eigenvalue weighted by atomic mass is 9.97. The minimum Gasteiger partial charge on any atom is -0.479 e. The maximum absolute atomic E-state index is 12.9. The van der Waals surface area contributed by atoms with Crippen molar-refractivity contribution in [3.8, 4) is 0 Å². The highest BCUT2D eigenvalue weighted by molar-refractivity contribution is 7.91. The van der Waals surface area contributed by atoms with Crippen LogP contribution in [0, 0.1) is 5.92 Å². The highest BCUT2D eigenvalue weighted by Crippen LogP contribution is 2.24. The average molecular weight is 210 g/mol. The Balaban J connectivity index is 2.55. The molecule has 0 aliphatic carbocycles. The van der Waals surface area contributed by atoms with Gasteiger partial charge in [0.15, 0.2) is 6.17 Å². The van der Waals surface area contributed by atoms with Gasteiger partial charge >= 0.3 is 5.97 Å². The second kappa shape index (κ2) is 3.61. The minimum absolute atomic E-state index is 0.0919. The number of carbonyl (C=O) groups is 1. The molecule has 0 aromatic carbocycles. The summed E-state index contributed by atoms with van der Waals surface area (Å²) in [6, 6.07) is 0. The van der Waals surface area contributed by atoms with Crippen molar-refractivity contribution in [3.63, 3.8) is 0 Å². The van der Waals surface area contributed by atoms with E-state index in [2.05, 4.69) is 0 Å². The van der Waals surface area contributed by atoms with Crippen molar-refractivity contribution in [3.05, 3.63) is 0 Å². The monoisotopic (exact) mass is 210 g/mol. The maximum atomic E-state index is 12.9. The Morgan fingerprint density at radius 3 is 2.23 bits per heavy atom. The Bertz CT molecular complexity index is 284. The van der Waals surface area contributed by atoms with Crippen LogP contribution in [0.1, 0.15) is 12.8 Å². The van der Waals surface area contributed by atoms with Crippen LogP contribution in [-0.4, -0.2) is 37.2 Å². The number of rotatable bonds is 2. The molecule has 0 aromatic rings. The van der Waals surface area contributed by atoms with Gasteiger partial charge < -0.3 is 5.11 Å². The fourth-order valence-electron chi connectivity index (χ4n) is 1.40. The largest absolute Gasteiger partial charge is 0.479 e. The molecule has 1 unspecified atom stereocenters. The second-order valence-electron chi connectivity index (χ2n) is 3.23. The summed E-state index contributed by atoms with van der Waals surface area (Å²) in [5, 5.41) is 8.34. The van der Waals surface area contributed by atoms with Crippen molar-refractivity contribution in [1.82, 2.24) is 0 Å². The lowest BCUT2D eigenvalue weighted by molar-refractivity contribution is -0.145.